The van der Waals surface area contributed by atoms with Crippen molar-refractivity contribution in [3.8, 4) is 0 Å². The summed E-state index contributed by atoms with van der Waals surface area (Å²) in [5.74, 6) is 0.450. The minimum atomic E-state index is -0.578. The summed E-state index contributed by atoms with van der Waals surface area (Å²) in [6.45, 7) is 3.94. The van der Waals surface area contributed by atoms with Gasteiger partial charge in [-0.1, -0.05) is 0 Å². The van der Waals surface area contributed by atoms with Crippen LogP contribution in [0.4, 0.5) is 0 Å². The van der Waals surface area contributed by atoms with E-state index in [0.29, 0.717) is 0 Å². The first-order valence-corrected chi connectivity index (χ1v) is 7.27. The fourth-order valence-corrected chi connectivity index (χ4v) is 2.84. The largest absolute Gasteiger partial charge is 0.462 e. The zero-order chi connectivity index (χ0) is 13.8. The number of hydrogen-bond donors (Lipinski definition) is 0. The molecule has 2 rings (SSSR count). The Balaban J connectivity index is 2.43. The Morgan fingerprint density at radius 2 is 1.89 bits per heavy atom. The van der Waals surface area contributed by atoms with Gasteiger partial charge in [0.05, 0.1) is 24.5 Å². The Bertz CT molecular complexity index is 471. The van der Waals surface area contributed by atoms with Crippen LogP contribution in [0.1, 0.15) is 46.0 Å². The quantitative estimate of drug-likeness (QED) is 0.788. The lowest BCUT2D eigenvalue weighted by atomic mass is 10.1. The zero-order valence-corrected chi connectivity index (χ0v) is 11.7. The van der Waals surface area contributed by atoms with Gasteiger partial charge in [-0.2, -0.15) is 11.8 Å². The Labute approximate surface area is 115 Å². The number of thioether (sulfide) groups is 1. The van der Waals surface area contributed by atoms with Crippen LogP contribution in [0, 0.1) is 0 Å². The highest BCUT2D eigenvalue weighted by Crippen LogP contribution is 2.30. The molecule has 1 aliphatic heterocycles. The summed E-state index contributed by atoms with van der Waals surface area (Å²) >= 11 is 1.70. The van der Waals surface area contributed by atoms with E-state index in [1.54, 1.807) is 31.7 Å². The molecular formula is C13H15NO4S. The maximum absolute atomic E-state index is 11.9. The number of pyridine rings is 1. The van der Waals surface area contributed by atoms with Gasteiger partial charge in [0.25, 0.3) is 0 Å². The van der Waals surface area contributed by atoms with Crippen molar-refractivity contribution in [2.24, 2.45) is 0 Å². The standard InChI is InChI=1S/C13H15NO4S/c1-3-17-12(15)9-5-8-6-19-7-10(8)14-11(9)13(16)18-4-2/h5H,3-4,6-7H2,1-2H3. The molecule has 0 unspecified atom stereocenters. The Morgan fingerprint density at radius 1 is 1.21 bits per heavy atom. The second kappa shape index (κ2) is 6.06. The highest BCUT2D eigenvalue weighted by Gasteiger charge is 2.25. The molecule has 0 N–H and O–H groups in total. The molecule has 5 nitrogen and oxygen atoms in total. The fourth-order valence-electron chi connectivity index (χ4n) is 1.82. The van der Waals surface area contributed by atoms with Gasteiger partial charge >= 0.3 is 11.9 Å². The van der Waals surface area contributed by atoms with Crippen LogP contribution in [-0.4, -0.2) is 30.1 Å². The number of hydrogen-bond acceptors (Lipinski definition) is 6. The van der Waals surface area contributed by atoms with Crippen LogP contribution in [-0.2, 0) is 21.0 Å². The molecule has 0 atom stereocenters. The average Bonchev–Trinajstić information content (AvgIpc) is 2.85. The zero-order valence-electron chi connectivity index (χ0n) is 10.9. The van der Waals surface area contributed by atoms with E-state index in [2.05, 4.69) is 4.98 Å². The second-order valence-electron chi connectivity index (χ2n) is 3.92. The molecule has 1 aromatic heterocycles. The molecule has 0 aliphatic carbocycles. The Kier molecular flexibility index (Phi) is 4.42. The highest BCUT2D eigenvalue weighted by atomic mass is 32.2. The third-order valence-electron chi connectivity index (χ3n) is 2.65. The number of aromatic nitrogens is 1. The van der Waals surface area contributed by atoms with E-state index in [4.69, 9.17) is 9.47 Å². The molecule has 102 valence electrons. The third-order valence-corrected chi connectivity index (χ3v) is 3.64. The van der Waals surface area contributed by atoms with Crippen LogP contribution in [0.3, 0.4) is 0 Å². The van der Waals surface area contributed by atoms with E-state index in [1.807, 2.05) is 0 Å². The highest BCUT2D eigenvalue weighted by molar-refractivity contribution is 7.98. The van der Waals surface area contributed by atoms with E-state index in [9.17, 15) is 9.59 Å². The van der Waals surface area contributed by atoms with Crippen molar-refractivity contribution in [3.05, 3.63) is 28.6 Å². The molecule has 2 heterocycles. The molecule has 1 aromatic rings. The number of rotatable bonds is 4. The van der Waals surface area contributed by atoms with E-state index in [-0.39, 0.29) is 24.5 Å². The van der Waals surface area contributed by atoms with Crippen molar-refractivity contribution in [2.75, 3.05) is 13.2 Å². The van der Waals surface area contributed by atoms with E-state index in [1.165, 1.54) is 0 Å². The minimum Gasteiger partial charge on any atom is -0.462 e. The molecule has 0 saturated carbocycles. The Morgan fingerprint density at radius 3 is 2.58 bits per heavy atom. The number of carbonyl (C=O) groups excluding carboxylic acids is 2. The fraction of sp³-hybridized carbons (Fsp3) is 0.462. The van der Waals surface area contributed by atoms with Crippen LogP contribution in [0.15, 0.2) is 6.07 Å². The van der Waals surface area contributed by atoms with Crippen LogP contribution in [0.2, 0.25) is 0 Å². The van der Waals surface area contributed by atoms with Crippen molar-refractivity contribution in [1.82, 2.24) is 4.98 Å². The van der Waals surface area contributed by atoms with Gasteiger partial charge in [-0.25, -0.2) is 14.6 Å². The van der Waals surface area contributed by atoms with Gasteiger partial charge in [-0.15, -0.1) is 0 Å². The maximum Gasteiger partial charge on any atom is 0.357 e. The molecule has 0 spiro atoms. The summed E-state index contributed by atoms with van der Waals surface area (Å²) in [4.78, 5) is 28.1. The number of fused-ring (bicyclic) bond motifs is 1. The summed E-state index contributed by atoms with van der Waals surface area (Å²) in [6.07, 6.45) is 0. The number of nitrogens with zero attached hydrogens (tertiary/aromatic N) is 1. The summed E-state index contributed by atoms with van der Waals surface area (Å²) in [7, 11) is 0. The summed E-state index contributed by atoms with van der Waals surface area (Å²) in [5, 5.41) is 0. The molecule has 6 heteroatoms. The van der Waals surface area contributed by atoms with Crippen molar-refractivity contribution in [1.29, 1.82) is 0 Å². The van der Waals surface area contributed by atoms with Crippen molar-refractivity contribution in [3.63, 3.8) is 0 Å². The molecule has 0 aromatic carbocycles. The van der Waals surface area contributed by atoms with Gasteiger partial charge in [0, 0.05) is 11.5 Å². The third kappa shape index (κ3) is 2.89. The molecule has 0 amide bonds. The van der Waals surface area contributed by atoms with Crippen LogP contribution >= 0.6 is 11.8 Å². The molecular weight excluding hydrogens is 266 g/mol. The SMILES string of the molecule is CCOC(=O)c1cc2c(nc1C(=O)OCC)CSC2. The predicted octanol–water partition coefficient (Wildman–Crippen LogP) is 2.18. The second-order valence-corrected chi connectivity index (χ2v) is 4.91. The molecule has 0 saturated heterocycles. The topological polar surface area (TPSA) is 65.5 Å². The van der Waals surface area contributed by atoms with E-state index in [0.717, 1.165) is 22.8 Å². The average molecular weight is 281 g/mol. The molecule has 1 aliphatic rings. The summed E-state index contributed by atoms with van der Waals surface area (Å²) in [5.41, 5.74) is 2.09. The van der Waals surface area contributed by atoms with Crippen LogP contribution in [0.25, 0.3) is 0 Å². The van der Waals surface area contributed by atoms with Gasteiger partial charge in [0.15, 0.2) is 5.69 Å². The van der Waals surface area contributed by atoms with Gasteiger partial charge in [0.2, 0.25) is 0 Å². The van der Waals surface area contributed by atoms with Gasteiger partial charge in [-0.05, 0) is 25.5 Å². The monoisotopic (exact) mass is 281 g/mol. The van der Waals surface area contributed by atoms with Gasteiger partial charge in [0.1, 0.15) is 0 Å². The predicted molar refractivity (Wildman–Crippen MR) is 71.1 cm³/mol. The maximum atomic E-state index is 11.9. The molecule has 0 bridgehead atoms. The molecule has 0 fully saturated rings. The lowest BCUT2D eigenvalue weighted by Crippen LogP contribution is -2.17. The molecule has 0 radical (unpaired) electrons. The first-order valence-electron chi connectivity index (χ1n) is 6.12. The van der Waals surface area contributed by atoms with Crippen molar-refractivity contribution >= 4 is 23.7 Å². The normalized spacial score (nSPS) is 12.9. The smallest absolute Gasteiger partial charge is 0.357 e. The number of carbonyl (C=O) groups is 2. The number of esters is 2. The van der Waals surface area contributed by atoms with E-state index >= 15 is 0 Å². The van der Waals surface area contributed by atoms with Crippen LogP contribution in [0.5, 0.6) is 0 Å². The van der Waals surface area contributed by atoms with Gasteiger partial charge < -0.3 is 9.47 Å². The van der Waals surface area contributed by atoms with Crippen molar-refractivity contribution in [2.45, 2.75) is 25.4 Å². The minimum absolute atomic E-state index is 0.0570. The number of ether oxygens (including phenoxy) is 2. The van der Waals surface area contributed by atoms with Crippen LogP contribution < -0.4 is 0 Å². The first-order chi connectivity index (χ1) is 9.17. The van der Waals surface area contributed by atoms with Gasteiger partial charge in [-0.3, -0.25) is 0 Å². The lowest BCUT2D eigenvalue weighted by molar-refractivity contribution is 0.0473. The first kappa shape index (κ1) is 13.9. The lowest BCUT2D eigenvalue weighted by Gasteiger charge is -2.09. The van der Waals surface area contributed by atoms with Crippen molar-refractivity contribution < 1.29 is 19.1 Å². The Hall–Kier alpha value is -1.56. The summed E-state index contributed by atoms with van der Waals surface area (Å²) in [6, 6.07) is 1.70. The summed E-state index contributed by atoms with van der Waals surface area (Å²) < 4.78 is 9.90. The molecule has 19 heavy (non-hydrogen) atoms. The van der Waals surface area contributed by atoms with E-state index < -0.39 is 11.9 Å².